The molecule has 2 aromatic rings. The first-order valence-corrected chi connectivity index (χ1v) is 4.45. The van der Waals surface area contributed by atoms with Gasteiger partial charge in [-0.3, -0.25) is 4.98 Å². The number of hydrogen-bond acceptors (Lipinski definition) is 2. The summed E-state index contributed by atoms with van der Waals surface area (Å²) in [7, 11) is 0. The number of carbonyl (C=O) groups is 1. The first-order chi connectivity index (χ1) is 7.11. The molecule has 0 fully saturated rings. The van der Waals surface area contributed by atoms with Crippen molar-refractivity contribution < 1.29 is 14.3 Å². The van der Waals surface area contributed by atoms with Crippen LogP contribution in [0.25, 0.3) is 10.9 Å². The largest absolute Gasteiger partial charge is 0.478 e. The molecule has 16 heavy (non-hydrogen) atoms. The summed E-state index contributed by atoms with van der Waals surface area (Å²) in [4.78, 5) is 14.6. The van der Waals surface area contributed by atoms with E-state index in [1.807, 2.05) is 0 Å². The van der Waals surface area contributed by atoms with E-state index in [-0.39, 0.29) is 28.3 Å². The van der Waals surface area contributed by atoms with Crippen molar-refractivity contribution >= 4 is 40.9 Å². The predicted octanol–water partition coefficient (Wildman–Crippen LogP) is 3.15. The van der Waals surface area contributed by atoms with Gasteiger partial charge in [0, 0.05) is 11.6 Å². The number of hydrogen-bond donors (Lipinski definition) is 1. The fourth-order valence-corrected chi connectivity index (χ4v) is 1.59. The van der Waals surface area contributed by atoms with Crippen LogP contribution in [0.5, 0.6) is 0 Å². The third-order valence-corrected chi connectivity index (χ3v) is 2.30. The topological polar surface area (TPSA) is 50.2 Å². The molecule has 0 amide bonds. The quantitative estimate of drug-likeness (QED) is 0.858. The molecule has 84 valence electrons. The smallest absolute Gasteiger partial charge is 0.338 e. The molecule has 2 rings (SSSR count). The minimum absolute atomic E-state index is 0. The Kier molecular flexibility index (Phi) is 3.67. The highest BCUT2D eigenvalue weighted by atomic mass is 35.5. The summed E-state index contributed by atoms with van der Waals surface area (Å²) in [6, 6.07) is 4.03. The highest BCUT2D eigenvalue weighted by molar-refractivity contribution is 6.35. The van der Waals surface area contributed by atoms with Crippen molar-refractivity contribution in [1.29, 1.82) is 0 Å². The van der Waals surface area contributed by atoms with Crippen LogP contribution in [0.1, 0.15) is 10.4 Å². The van der Waals surface area contributed by atoms with E-state index in [0.717, 1.165) is 6.07 Å². The molecule has 0 saturated heterocycles. The van der Waals surface area contributed by atoms with Gasteiger partial charge in [-0.1, -0.05) is 11.6 Å². The van der Waals surface area contributed by atoms with E-state index in [0.29, 0.717) is 0 Å². The third kappa shape index (κ3) is 1.94. The summed E-state index contributed by atoms with van der Waals surface area (Å²) in [5, 5.41) is 8.97. The van der Waals surface area contributed by atoms with Crippen LogP contribution in [0, 0.1) is 5.82 Å². The van der Waals surface area contributed by atoms with Crippen molar-refractivity contribution in [2.24, 2.45) is 0 Å². The van der Waals surface area contributed by atoms with Gasteiger partial charge in [0.1, 0.15) is 5.82 Å². The summed E-state index contributed by atoms with van der Waals surface area (Å²) in [5.41, 5.74) is -0.179. The van der Waals surface area contributed by atoms with Crippen molar-refractivity contribution in [1.82, 2.24) is 4.98 Å². The maximum atomic E-state index is 13.6. The van der Waals surface area contributed by atoms with Gasteiger partial charge in [0.15, 0.2) is 0 Å². The van der Waals surface area contributed by atoms with Crippen LogP contribution < -0.4 is 0 Å². The van der Waals surface area contributed by atoms with Gasteiger partial charge in [0.2, 0.25) is 0 Å². The van der Waals surface area contributed by atoms with Gasteiger partial charge in [0.25, 0.3) is 0 Å². The van der Waals surface area contributed by atoms with Crippen molar-refractivity contribution in [3.05, 3.63) is 40.8 Å². The van der Waals surface area contributed by atoms with E-state index in [1.54, 1.807) is 0 Å². The Balaban J connectivity index is 0.00000128. The van der Waals surface area contributed by atoms with Gasteiger partial charge in [-0.15, -0.1) is 12.4 Å². The molecule has 3 nitrogen and oxygen atoms in total. The highest BCUT2D eigenvalue weighted by Crippen LogP contribution is 2.26. The standard InChI is InChI=1S/C10H5ClFNO2.ClH/c11-7-4-6(10(14)15)8(12)5-2-1-3-13-9(5)7;/h1-4H,(H,14,15);1H. The lowest BCUT2D eigenvalue weighted by Gasteiger charge is -2.03. The first kappa shape index (κ1) is 12.7. The number of carboxylic acid groups (broad SMARTS) is 1. The Morgan fingerprint density at radius 1 is 1.50 bits per heavy atom. The van der Waals surface area contributed by atoms with Crippen molar-refractivity contribution in [2.75, 3.05) is 0 Å². The predicted molar refractivity (Wildman–Crippen MR) is 60.9 cm³/mol. The van der Waals surface area contributed by atoms with Gasteiger partial charge in [-0.05, 0) is 18.2 Å². The summed E-state index contributed by atoms with van der Waals surface area (Å²) in [6.45, 7) is 0. The molecule has 0 bridgehead atoms. The van der Waals surface area contributed by atoms with Crippen molar-refractivity contribution in [3.63, 3.8) is 0 Å². The number of pyridine rings is 1. The number of aromatic nitrogens is 1. The maximum absolute atomic E-state index is 13.6. The summed E-state index contributed by atoms with van der Waals surface area (Å²) in [6.07, 6.45) is 1.47. The van der Waals surface area contributed by atoms with Crippen LogP contribution >= 0.6 is 24.0 Å². The second kappa shape index (κ2) is 4.63. The Morgan fingerprint density at radius 3 is 2.81 bits per heavy atom. The molecular weight excluding hydrogens is 256 g/mol. The van der Waals surface area contributed by atoms with Gasteiger partial charge in [0.05, 0.1) is 16.1 Å². The number of fused-ring (bicyclic) bond motifs is 1. The Labute approximate surface area is 101 Å². The molecule has 1 N–H and O–H groups in total. The second-order valence-electron chi connectivity index (χ2n) is 2.92. The molecule has 0 aliphatic carbocycles. The fraction of sp³-hybridized carbons (Fsp3) is 0. The van der Waals surface area contributed by atoms with E-state index in [4.69, 9.17) is 16.7 Å². The molecule has 0 radical (unpaired) electrons. The number of halogens is 3. The lowest BCUT2D eigenvalue weighted by molar-refractivity contribution is 0.0692. The Morgan fingerprint density at radius 2 is 2.19 bits per heavy atom. The average Bonchev–Trinajstić information content (AvgIpc) is 2.23. The van der Waals surface area contributed by atoms with Gasteiger partial charge >= 0.3 is 5.97 Å². The monoisotopic (exact) mass is 261 g/mol. The molecule has 0 aliphatic heterocycles. The van der Waals surface area contributed by atoms with E-state index >= 15 is 0 Å². The number of aromatic carboxylic acids is 1. The number of benzene rings is 1. The van der Waals surface area contributed by atoms with E-state index in [2.05, 4.69) is 4.98 Å². The summed E-state index contributed by atoms with van der Waals surface area (Å²) in [5.74, 6) is -2.16. The third-order valence-electron chi connectivity index (χ3n) is 2.01. The number of rotatable bonds is 1. The lowest BCUT2D eigenvalue weighted by atomic mass is 10.1. The van der Waals surface area contributed by atoms with E-state index < -0.39 is 17.3 Å². The summed E-state index contributed by atoms with van der Waals surface area (Å²) < 4.78 is 13.6. The number of carboxylic acids is 1. The maximum Gasteiger partial charge on any atom is 0.338 e. The van der Waals surface area contributed by atoms with Crippen molar-refractivity contribution in [3.8, 4) is 0 Å². The van der Waals surface area contributed by atoms with Crippen LogP contribution in [0.15, 0.2) is 24.4 Å². The zero-order valence-electron chi connectivity index (χ0n) is 7.78. The normalized spacial score (nSPS) is 9.88. The number of nitrogens with zero attached hydrogens (tertiary/aromatic N) is 1. The molecule has 0 unspecified atom stereocenters. The molecular formula is C10H6Cl2FNO2. The average molecular weight is 262 g/mol. The zero-order valence-corrected chi connectivity index (χ0v) is 9.35. The fourth-order valence-electron chi connectivity index (χ4n) is 1.33. The highest BCUT2D eigenvalue weighted by Gasteiger charge is 2.16. The van der Waals surface area contributed by atoms with Crippen LogP contribution in [-0.2, 0) is 0 Å². The van der Waals surface area contributed by atoms with Gasteiger partial charge in [-0.2, -0.15) is 0 Å². The van der Waals surface area contributed by atoms with Crippen LogP contribution in [0.3, 0.4) is 0 Å². The second-order valence-corrected chi connectivity index (χ2v) is 3.33. The first-order valence-electron chi connectivity index (χ1n) is 4.07. The minimum Gasteiger partial charge on any atom is -0.478 e. The van der Waals surface area contributed by atoms with Crippen molar-refractivity contribution in [2.45, 2.75) is 0 Å². The Hall–Kier alpha value is -1.39. The molecule has 0 atom stereocenters. The molecule has 0 aliphatic rings. The van der Waals surface area contributed by atoms with Crippen LogP contribution in [-0.4, -0.2) is 16.1 Å². The minimum atomic E-state index is -1.35. The van der Waals surface area contributed by atoms with Crippen LogP contribution in [0.2, 0.25) is 5.02 Å². The van der Waals surface area contributed by atoms with E-state index in [9.17, 15) is 9.18 Å². The molecule has 1 heterocycles. The van der Waals surface area contributed by atoms with Crippen LogP contribution in [0.4, 0.5) is 4.39 Å². The molecule has 0 spiro atoms. The summed E-state index contributed by atoms with van der Waals surface area (Å²) >= 11 is 5.79. The SMILES string of the molecule is Cl.O=C(O)c1cc(Cl)c2ncccc2c1F. The molecule has 1 aromatic heterocycles. The molecule has 0 saturated carbocycles. The van der Waals surface area contributed by atoms with Gasteiger partial charge in [-0.25, -0.2) is 9.18 Å². The molecule has 1 aromatic carbocycles. The van der Waals surface area contributed by atoms with E-state index in [1.165, 1.54) is 18.3 Å². The zero-order chi connectivity index (χ0) is 11.0. The lowest BCUT2D eigenvalue weighted by Crippen LogP contribution is -2.01. The molecule has 6 heteroatoms. The van der Waals surface area contributed by atoms with Gasteiger partial charge < -0.3 is 5.11 Å². The Bertz CT molecular complexity index is 560.